The van der Waals surface area contributed by atoms with Gasteiger partial charge >= 0.3 is 0 Å². The van der Waals surface area contributed by atoms with Gasteiger partial charge in [-0.15, -0.1) is 0 Å². The van der Waals surface area contributed by atoms with Gasteiger partial charge in [0.2, 0.25) is 0 Å². The second-order valence-corrected chi connectivity index (χ2v) is 5.85. The second-order valence-electron chi connectivity index (χ2n) is 5.85. The lowest BCUT2D eigenvalue weighted by atomic mass is 9.98. The quantitative estimate of drug-likeness (QED) is 0.877. The number of aryl methyl sites for hydroxylation is 1. The zero-order valence-corrected chi connectivity index (χ0v) is 12.1. The van der Waals surface area contributed by atoms with Gasteiger partial charge in [-0.05, 0) is 18.9 Å². The molecule has 1 aromatic heterocycles. The van der Waals surface area contributed by atoms with Gasteiger partial charge in [0, 0.05) is 29.5 Å². The molecular formula is C17H23NO2. The molecule has 0 unspecified atom stereocenters. The van der Waals surface area contributed by atoms with Gasteiger partial charge in [0.1, 0.15) is 11.3 Å². The highest BCUT2D eigenvalue weighted by Crippen LogP contribution is 2.31. The average Bonchev–Trinajstić information content (AvgIpc) is 3.10. The van der Waals surface area contributed by atoms with Crippen LogP contribution in [0.3, 0.4) is 0 Å². The summed E-state index contributed by atoms with van der Waals surface area (Å²) in [6.07, 6.45) is 5.46. The minimum absolute atomic E-state index is 0.0800. The van der Waals surface area contributed by atoms with Crippen molar-refractivity contribution < 1.29 is 9.52 Å². The molecule has 3 rings (SSSR count). The van der Waals surface area contributed by atoms with E-state index in [4.69, 9.17) is 4.42 Å². The third-order valence-corrected chi connectivity index (χ3v) is 4.61. The Labute approximate surface area is 120 Å². The monoisotopic (exact) mass is 273 g/mol. The lowest BCUT2D eigenvalue weighted by molar-refractivity contribution is 0.163. The fraction of sp³-hybridized carbons (Fsp3) is 0.529. The molecule has 2 aromatic rings. The van der Waals surface area contributed by atoms with E-state index in [1.807, 2.05) is 12.1 Å². The maximum absolute atomic E-state index is 9.70. The third kappa shape index (κ3) is 2.36. The number of nitrogens with one attached hydrogen (secondary N) is 1. The summed E-state index contributed by atoms with van der Waals surface area (Å²) in [5.74, 6) is 1.06. The van der Waals surface area contributed by atoms with E-state index in [0.29, 0.717) is 0 Å². The van der Waals surface area contributed by atoms with Crippen LogP contribution in [0.2, 0.25) is 0 Å². The molecule has 1 saturated carbocycles. The first-order chi connectivity index (χ1) is 9.78. The zero-order chi connectivity index (χ0) is 14.0. The Kier molecular flexibility index (Phi) is 3.81. The first-order valence-corrected chi connectivity index (χ1v) is 7.63. The van der Waals surface area contributed by atoms with Crippen LogP contribution in [-0.2, 0) is 13.0 Å². The molecule has 0 spiro atoms. The minimum Gasteiger partial charge on any atom is -0.461 e. The van der Waals surface area contributed by atoms with Gasteiger partial charge in [0.05, 0.1) is 6.61 Å². The van der Waals surface area contributed by atoms with Crippen molar-refractivity contribution in [1.82, 2.24) is 5.32 Å². The summed E-state index contributed by atoms with van der Waals surface area (Å²) in [5, 5.41) is 14.5. The summed E-state index contributed by atoms with van der Waals surface area (Å²) in [4.78, 5) is 0. The number of hydrogen-bond donors (Lipinski definition) is 2. The van der Waals surface area contributed by atoms with Crippen LogP contribution in [-0.4, -0.2) is 17.3 Å². The summed E-state index contributed by atoms with van der Waals surface area (Å²) in [5.41, 5.74) is 2.14. The Morgan fingerprint density at radius 1 is 1.25 bits per heavy atom. The van der Waals surface area contributed by atoms with Crippen molar-refractivity contribution in [3.63, 3.8) is 0 Å². The molecule has 0 atom stereocenters. The molecule has 108 valence electrons. The van der Waals surface area contributed by atoms with Crippen molar-refractivity contribution in [3.05, 3.63) is 35.6 Å². The predicted molar refractivity (Wildman–Crippen MR) is 80.7 cm³/mol. The minimum atomic E-state index is -0.0800. The lowest BCUT2D eigenvalue weighted by Gasteiger charge is -2.28. The Morgan fingerprint density at radius 3 is 2.70 bits per heavy atom. The molecule has 0 saturated heterocycles. The number of para-hydroxylation sites is 1. The van der Waals surface area contributed by atoms with Crippen LogP contribution in [0.15, 0.2) is 28.7 Å². The molecular weight excluding hydrogens is 250 g/mol. The number of aliphatic hydroxyl groups is 1. The topological polar surface area (TPSA) is 45.4 Å². The highest BCUT2D eigenvalue weighted by atomic mass is 16.3. The van der Waals surface area contributed by atoms with Crippen LogP contribution in [0, 0.1) is 0 Å². The SMILES string of the molecule is CCc1oc2ccccc2c1CNC1(CO)CCCC1. The average molecular weight is 273 g/mol. The van der Waals surface area contributed by atoms with Crippen LogP contribution in [0.1, 0.15) is 43.9 Å². The largest absolute Gasteiger partial charge is 0.461 e. The van der Waals surface area contributed by atoms with E-state index in [2.05, 4.69) is 24.4 Å². The normalized spacial score (nSPS) is 17.9. The van der Waals surface area contributed by atoms with Crippen molar-refractivity contribution in [2.75, 3.05) is 6.61 Å². The summed E-state index contributed by atoms with van der Waals surface area (Å²) in [7, 11) is 0. The van der Waals surface area contributed by atoms with Crippen molar-refractivity contribution in [3.8, 4) is 0 Å². The third-order valence-electron chi connectivity index (χ3n) is 4.61. The Bertz CT molecular complexity index is 582. The fourth-order valence-corrected chi connectivity index (χ4v) is 3.35. The summed E-state index contributed by atoms with van der Waals surface area (Å²) in [6, 6.07) is 8.21. The van der Waals surface area contributed by atoms with Crippen LogP contribution in [0.25, 0.3) is 11.0 Å². The Morgan fingerprint density at radius 2 is 2.00 bits per heavy atom. The first-order valence-electron chi connectivity index (χ1n) is 7.63. The Hall–Kier alpha value is -1.32. The molecule has 20 heavy (non-hydrogen) atoms. The molecule has 2 N–H and O–H groups in total. The van der Waals surface area contributed by atoms with Gasteiger partial charge in [0.25, 0.3) is 0 Å². The van der Waals surface area contributed by atoms with Crippen LogP contribution < -0.4 is 5.32 Å². The number of aliphatic hydroxyl groups excluding tert-OH is 1. The first kappa shape index (κ1) is 13.7. The Balaban J connectivity index is 1.86. The molecule has 3 nitrogen and oxygen atoms in total. The molecule has 1 aromatic carbocycles. The van der Waals surface area contributed by atoms with Gasteiger partial charge in [0.15, 0.2) is 0 Å². The summed E-state index contributed by atoms with van der Waals surface area (Å²) >= 11 is 0. The van der Waals surface area contributed by atoms with Crippen molar-refractivity contribution >= 4 is 11.0 Å². The smallest absolute Gasteiger partial charge is 0.134 e. The van der Waals surface area contributed by atoms with E-state index < -0.39 is 0 Å². The van der Waals surface area contributed by atoms with Crippen LogP contribution in [0.4, 0.5) is 0 Å². The van der Waals surface area contributed by atoms with E-state index in [-0.39, 0.29) is 12.1 Å². The van der Waals surface area contributed by atoms with E-state index >= 15 is 0 Å². The number of hydrogen-bond acceptors (Lipinski definition) is 3. The fourth-order valence-electron chi connectivity index (χ4n) is 3.35. The van der Waals surface area contributed by atoms with Crippen molar-refractivity contribution in [2.24, 2.45) is 0 Å². The van der Waals surface area contributed by atoms with E-state index in [1.54, 1.807) is 0 Å². The molecule has 0 amide bonds. The second kappa shape index (κ2) is 5.58. The van der Waals surface area contributed by atoms with E-state index in [1.165, 1.54) is 23.8 Å². The van der Waals surface area contributed by atoms with Crippen LogP contribution >= 0.6 is 0 Å². The molecule has 1 aliphatic rings. The molecule has 1 aliphatic carbocycles. The number of benzene rings is 1. The maximum Gasteiger partial charge on any atom is 0.134 e. The molecule has 3 heteroatoms. The summed E-state index contributed by atoms with van der Waals surface area (Å²) in [6.45, 7) is 3.13. The zero-order valence-electron chi connectivity index (χ0n) is 12.1. The number of fused-ring (bicyclic) bond motifs is 1. The summed E-state index contributed by atoms with van der Waals surface area (Å²) < 4.78 is 5.93. The molecule has 0 aliphatic heterocycles. The van der Waals surface area contributed by atoms with Gasteiger partial charge in [-0.2, -0.15) is 0 Å². The highest BCUT2D eigenvalue weighted by molar-refractivity contribution is 5.82. The maximum atomic E-state index is 9.70. The molecule has 0 radical (unpaired) electrons. The highest BCUT2D eigenvalue weighted by Gasteiger charge is 2.32. The van der Waals surface area contributed by atoms with E-state index in [9.17, 15) is 5.11 Å². The lowest BCUT2D eigenvalue weighted by Crippen LogP contribution is -2.45. The van der Waals surface area contributed by atoms with E-state index in [0.717, 1.165) is 37.2 Å². The molecule has 1 heterocycles. The predicted octanol–water partition coefficient (Wildman–Crippen LogP) is 3.39. The number of rotatable bonds is 5. The van der Waals surface area contributed by atoms with Gasteiger partial charge in [-0.25, -0.2) is 0 Å². The van der Waals surface area contributed by atoms with Crippen LogP contribution in [0.5, 0.6) is 0 Å². The van der Waals surface area contributed by atoms with Crippen molar-refractivity contribution in [2.45, 2.75) is 51.1 Å². The molecule has 1 fully saturated rings. The van der Waals surface area contributed by atoms with Crippen molar-refractivity contribution in [1.29, 1.82) is 0 Å². The number of furan rings is 1. The van der Waals surface area contributed by atoms with Gasteiger partial charge in [-0.3, -0.25) is 0 Å². The molecule has 0 bridgehead atoms. The van der Waals surface area contributed by atoms with Gasteiger partial charge in [-0.1, -0.05) is 38.0 Å². The standard InChI is InChI=1S/C17H23NO2/c1-2-15-14(13-7-3-4-8-16(13)20-15)11-18-17(12-19)9-5-6-10-17/h3-4,7-8,18-19H,2,5-6,9-12H2,1H3. The van der Waals surface area contributed by atoms with Gasteiger partial charge < -0.3 is 14.8 Å².